The second-order valence-electron chi connectivity index (χ2n) is 5.10. The van der Waals surface area contributed by atoms with Gasteiger partial charge in [-0.05, 0) is 24.4 Å². The minimum absolute atomic E-state index is 0.159. The van der Waals surface area contributed by atoms with E-state index in [1.165, 1.54) is 5.56 Å². The van der Waals surface area contributed by atoms with E-state index >= 15 is 0 Å². The number of nitrogens with zero attached hydrogens (tertiary/aromatic N) is 1. The molecule has 0 saturated carbocycles. The second kappa shape index (κ2) is 7.10. The Balaban J connectivity index is 1.73. The monoisotopic (exact) mass is 258 g/mol. The summed E-state index contributed by atoms with van der Waals surface area (Å²) in [4.78, 5) is 13.7. The molecule has 3 nitrogen and oxygen atoms in total. The summed E-state index contributed by atoms with van der Waals surface area (Å²) in [6, 6.07) is 10.3. The van der Waals surface area contributed by atoms with Crippen molar-refractivity contribution in [2.24, 2.45) is 5.92 Å². The lowest BCUT2D eigenvalue weighted by atomic mass is 10.1. The fourth-order valence-corrected chi connectivity index (χ4v) is 2.51. The molecule has 1 fully saturated rings. The fraction of sp³-hybridized carbons (Fsp3) is 0.438. The molecule has 102 valence electrons. The van der Waals surface area contributed by atoms with Crippen LogP contribution in [0, 0.1) is 5.92 Å². The molecule has 1 amide bonds. The van der Waals surface area contributed by atoms with E-state index in [0.29, 0.717) is 12.3 Å². The first-order valence-electron chi connectivity index (χ1n) is 6.92. The summed E-state index contributed by atoms with van der Waals surface area (Å²) in [6.07, 6.45) is 6.16. The Bertz CT molecular complexity index is 428. The van der Waals surface area contributed by atoms with E-state index in [1.54, 1.807) is 7.05 Å². The summed E-state index contributed by atoms with van der Waals surface area (Å²) in [5, 5.41) is 2.70. The minimum atomic E-state index is 0.159. The molecule has 3 heteroatoms. The third kappa shape index (κ3) is 4.52. The first-order valence-corrected chi connectivity index (χ1v) is 6.92. The molecule has 0 spiro atoms. The van der Waals surface area contributed by atoms with Crippen molar-refractivity contribution in [2.45, 2.75) is 12.8 Å². The lowest BCUT2D eigenvalue weighted by Gasteiger charge is -2.13. The minimum Gasteiger partial charge on any atom is -0.359 e. The summed E-state index contributed by atoms with van der Waals surface area (Å²) in [5.74, 6) is 0.678. The van der Waals surface area contributed by atoms with E-state index in [4.69, 9.17) is 0 Å². The van der Waals surface area contributed by atoms with Crippen LogP contribution in [-0.4, -0.2) is 37.5 Å². The van der Waals surface area contributed by atoms with E-state index in [1.807, 2.05) is 6.07 Å². The molecule has 19 heavy (non-hydrogen) atoms. The molecular formula is C16H22N2O. The summed E-state index contributed by atoms with van der Waals surface area (Å²) in [6.45, 7) is 3.10. The van der Waals surface area contributed by atoms with Crippen molar-refractivity contribution in [2.75, 3.05) is 26.7 Å². The highest BCUT2D eigenvalue weighted by atomic mass is 16.1. The Morgan fingerprint density at radius 1 is 1.42 bits per heavy atom. The maximum Gasteiger partial charge on any atom is 0.220 e. The van der Waals surface area contributed by atoms with Gasteiger partial charge in [0.1, 0.15) is 0 Å². The maximum absolute atomic E-state index is 11.3. The predicted molar refractivity (Wildman–Crippen MR) is 78.7 cm³/mol. The third-order valence-corrected chi connectivity index (χ3v) is 3.60. The molecule has 0 aliphatic carbocycles. The molecular weight excluding hydrogens is 236 g/mol. The average Bonchev–Trinajstić information content (AvgIpc) is 2.87. The summed E-state index contributed by atoms with van der Waals surface area (Å²) >= 11 is 0. The zero-order valence-electron chi connectivity index (χ0n) is 11.5. The third-order valence-electron chi connectivity index (χ3n) is 3.60. The van der Waals surface area contributed by atoms with Crippen LogP contribution in [0.1, 0.15) is 18.4 Å². The van der Waals surface area contributed by atoms with Crippen molar-refractivity contribution in [3.05, 3.63) is 42.0 Å². The van der Waals surface area contributed by atoms with Crippen molar-refractivity contribution in [3.63, 3.8) is 0 Å². The van der Waals surface area contributed by atoms with Crippen LogP contribution >= 0.6 is 0 Å². The molecule has 1 unspecified atom stereocenters. The van der Waals surface area contributed by atoms with Gasteiger partial charge in [-0.15, -0.1) is 0 Å². The molecule has 1 atom stereocenters. The van der Waals surface area contributed by atoms with E-state index < -0.39 is 0 Å². The van der Waals surface area contributed by atoms with E-state index in [0.717, 1.165) is 26.1 Å². The predicted octanol–water partition coefficient (Wildman–Crippen LogP) is 2.16. The van der Waals surface area contributed by atoms with Crippen LogP contribution in [0.3, 0.4) is 0 Å². The Kier molecular flexibility index (Phi) is 5.16. The highest BCUT2D eigenvalue weighted by molar-refractivity contribution is 5.75. The van der Waals surface area contributed by atoms with Crippen LogP contribution in [-0.2, 0) is 4.79 Å². The van der Waals surface area contributed by atoms with E-state index in [-0.39, 0.29) is 5.91 Å². The lowest BCUT2D eigenvalue weighted by Crippen LogP contribution is -2.24. The summed E-state index contributed by atoms with van der Waals surface area (Å²) < 4.78 is 0. The molecule has 1 N–H and O–H groups in total. The number of carbonyl (C=O) groups excluding carboxylic acids is 1. The molecule has 1 heterocycles. The van der Waals surface area contributed by atoms with Gasteiger partial charge < -0.3 is 5.32 Å². The number of benzene rings is 1. The largest absolute Gasteiger partial charge is 0.359 e. The average molecular weight is 258 g/mol. The molecule has 0 radical (unpaired) electrons. The van der Waals surface area contributed by atoms with E-state index in [2.05, 4.69) is 46.6 Å². The van der Waals surface area contributed by atoms with Crippen LogP contribution < -0.4 is 5.32 Å². The van der Waals surface area contributed by atoms with Crippen molar-refractivity contribution in [1.82, 2.24) is 10.2 Å². The molecule has 1 aromatic carbocycles. The van der Waals surface area contributed by atoms with Gasteiger partial charge in [0.15, 0.2) is 0 Å². The van der Waals surface area contributed by atoms with Gasteiger partial charge in [0.05, 0.1) is 0 Å². The number of likely N-dealkylation sites (tertiary alicyclic amines) is 1. The Hall–Kier alpha value is -1.61. The number of hydrogen-bond acceptors (Lipinski definition) is 2. The molecule has 2 rings (SSSR count). The molecule has 1 aliphatic heterocycles. The molecule has 1 aliphatic rings. The van der Waals surface area contributed by atoms with Crippen LogP contribution in [0.4, 0.5) is 0 Å². The molecule has 1 aromatic rings. The van der Waals surface area contributed by atoms with Gasteiger partial charge in [0.25, 0.3) is 0 Å². The van der Waals surface area contributed by atoms with Crippen LogP contribution in [0.2, 0.25) is 0 Å². The van der Waals surface area contributed by atoms with Crippen molar-refractivity contribution in [1.29, 1.82) is 0 Å². The number of nitrogens with one attached hydrogen (secondary N) is 1. The van der Waals surface area contributed by atoms with Gasteiger partial charge in [-0.2, -0.15) is 0 Å². The Morgan fingerprint density at radius 3 is 2.95 bits per heavy atom. The van der Waals surface area contributed by atoms with Gasteiger partial charge >= 0.3 is 0 Å². The van der Waals surface area contributed by atoms with Gasteiger partial charge in [0.2, 0.25) is 5.91 Å². The first-order chi connectivity index (χ1) is 9.28. The topological polar surface area (TPSA) is 32.3 Å². The summed E-state index contributed by atoms with van der Waals surface area (Å²) in [5.41, 5.74) is 1.24. The number of rotatable bonds is 5. The van der Waals surface area contributed by atoms with Crippen LogP contribution in [0.5, 0.6) is 0 Å². The fourth-order valence-electron chi connectivity index (χ4n) is 2.51. The van der Waals surface area contributed by atoms with Gasteiger partial charge in [-0.25, -0.2) is 0 Å². The summed E-state index contributed by atoms with van der Waals surface area (Å²) in [7, 11) is 1.71. The van der Waals surface area contributed by atoms with Gasteiger partial charge in [0, 0.05) is 26.6 Å². The van der Waals surface area contributed by atoms with Crippen molar-refractivity contribution < 1.29 is 4.79 Å². The quantitative estimate of drug-likeness (QED) is 0.877. The molecule has 0 aromatic heterocycles. The lowest BCUT2D eigenvalue weighted by molar-refractivity contribution is -0.121. The molecule has 0 bridgehead atoms. The first kappa shape index (κ1) is 13.8. The van der Waals surface area contributed by atoms with Crippen molar-refractivity contribution in [3.8, 4) is 0 Å². The Morgan fingerprint density at radius 2 is 2.21 bits per heavy atom. The zero-order chi connectivity index (χ0) is 13.5. The second-order valence-corrected chi connectivity index (χ2v) is 5.10. The Labute approximate surface area is 115 Å². The number of carbonyl (C=O) groups is 1. The standard InChI is InChI=1S/C16H22N2O/c1-17-16(19)12-15-9-11-18(13-15)10-5-8-14-6-3-2-4-7-14/h2-8,15H,9-13H2,1H3,(H,17,19)/b8-5+. The number of hydrogen-bond donors (Lipinski definition) is 1. The highest BCUT2D eigenvalue weighted by Crippen LogP contribution is 2.19. The van der Waals surface area contributed by atoms with Gasteiger partial charge in [-0.1, -0.05) is 42.5 Å². The highest BCUT2D eigenvalue weighted by Gasteiger charge is 2.23. The number of amides is 1. The van der Waals surface area contributed by atoms with Crippen molar-refractivity contribution >= 4 is 12.0 Å². The molecule has 1 saturated heterocycles. The maximum atomic E-state index is 11.3. The van der Waals surface area contributed by atoms with Crippen LogP contribution in [0.15, 0.2) is 36.4 Å². The van der Waals surface area contributed by atoms with Gasteiger partial charge in [-0.3, -0.25) is 9.69 Å². The SMILES string of the molecule is CNC(=O)CC1CCN(C/C=C/c2ccccc2)C1. The zero-order valence-corrected chi connectivity index (χ0v) is 11.5. The smallest absolute Gasteiger partial charge is 0.220 e. The normalized spacial score (nSPS) is 19.9. The van der Waals surface area contributed by atoms with E-state index in [9.17, 15) is 4.79 Å². The van der Waals surface area contributed by atoms with Crippen LogP contribution in [0.25, 0.3) is 6.08 Å².